The lowest BCUT2D eigenvalue weighted by Gasteiger charge is -2.27. The van der Waals surface area contributed by atoms with Crippen LogP contribution in [0.3, 0.4) is 0 Å². The van der Waals surface area contributed by atoms with E-state index in [1.807, 2.05) is 0 Å². The largest absolute Gasteiger partial charge is 0.481 e. The quantitative estimate of drug-likeness (QED) is 0.400. The van der Waals surface area contributed by atoms with Gasteiger partial charge in [-0.15, -0.1) is 0 Å². The van der Waals surface area contributed by atoms with Crippen molar-refractivity contribution >= 4 is 23.9 Å². The number of carboxylic acids is 4. The highest BCUT2D eigenvalue weighted by molar-refractivity contribution is 5.73. The predicted molar refractivity (Wildman–Crippen MR) is 59.8 cm³/mol. The molecule has 0 saturated carbocycles. The first-order valence-electron chi connectivity index (χ1n) is 5.33. The number of rotatable bonds is 10. The third-order valence-corrected chi connectivity index (χ3v) is 2.29. The molecule has 0 aromatic rings. The van der Waals surface area contributed by atoms with Gasteiger partial charge in [0, 0.05) is 12.5 Å². The van der Waals surface area contributed by atoms with E-state index in [4.69, 9.17) is 20.4 Å². The average molecular weight is 277 g/mol. The normalized spacial score (nSPS) is 12.1. The molecule has 1 atom stereocenters. The van der Waals surface area contributed by atoms with Gasteiger partial charge in [-0.25, -0.2) is 0 Å². The zero-order valence-electron chi connectivity index (χ0n) is 9.98. The van der Waals surface area contributed by atoms with Crippen molar-refractivity contribution in [3.8, 4) is 0 Å². The molecule has 0 saturated heterocycles. The number of aliphatic carboxylic acids is 4. The lowest BCUT2D eigenvalue weighted by atomic mass is 10.1. The van der Waals surface area contributed by atoms with Gasteiger partial charge >= 0.3 is 23.9 Å². The van der Waals surface area contributed by atoms with E-state index in [9.17, 15) is 19.2 Å². The second-order valence-corrected chi connectivity index (χ2v) is 3.88. The minimum atomic E-state index is -1.31. The molecular formula is C10H15NO8. The van der Waals surface area contributed by atoms with E-state index in [1.54, 1.807) is 0 Å². The molecular weight excluding hydrogens is 262 g/mol. The number of hydrogen-bond donors (Lipinski definition) is 4. The summed E-state index contributed by atoms with van der Waals surface area (Å²) in [6.07, 6.45) is -1.02. The summed E-state index contributed by atoms with van der Waals surface area (Å²) in [4.78, 5) is 43.3. The first kappa shape index (κ1) is 16.8. The summed E-state index contributed by atoms with van der Waals surface area (Å²) >= 11 is 0. The molecule has 0 spiro atoms. The van der Waals surface area contributed by atoms with Gasteiger partial charge in [0.05, 0.1) is 19.5 Å². The van der Waals surface area contributed by atoms with Gasteiger partial charge in [0.1, 0.15) is 0 Å². The summed E-state index contributed by atoms with van der Waals surface area (Å²) < 4.78 is 0. The SMILES string of the molecule is O=C(O)CCC(CC(=O)O)N(CC(=O)O)CC(=O)O. The molecule has 108 valence electrons. The van der Waals surface area contributed by atoms with Crippen LogP contribution in [-0.2, 0) is 19.2 Å². The maximum atomic E-state index is 10.7. The highest BCUT2D eigenvalue weighted by atomic mass is 16.4. The Labute approximate surface area is 108 Å². The molecule has 19 heavy (non-hydrogen) atoms. The molecule has 0 heterocycles. The number of nitrogens with zero attached hydrogens (tertiary/aromatic N) is 1. The van der Waals surface area contributed by atoms with Gasteiger partial charge in [0.2, 0.25) is 0 Å². The fourth-order valence-electron chi connectivity index (χ4n) is 1.57. The summed E-state index contributed by atoms with van der Waals surface area (Å²) in [5.41, 5.74) is 0. The zero-order chi connectivity index (χ0) is 15.0. The number of carboxylic acid groups (broad SMARTS) is 4. The Balaban J connectivity index is 4.85. The molecule has 0 radical (unpaired) electrons. The monoisotopic (exact) mass is 277 g/mol. The van der Waals surface area contributed by atoms with Crippen molar-refractivity contribution in [3.63, 3.8) is 0 Å². The average Bonchev–Trinajstić information content (AvgIpc) is 2.21. The van der Waals surface area contributed by atoms with Crippen molar-refractivity contribution < 1.29 is 39.6 Å². The Morgan fingerprint density at radius 2 is 1.26 bits per heavy atom. The minimum Gasteiger partial charge on any atom is -0.481 e. The first-order chi connectivity index (χ1) is 8.72. The molecule has 0 aliphatic rings. The molecule has 0 aromatic carbocycles. The van der Waals surface area contributed by atoms with Crippen molar-refractivity contribution in [2.45, 2.75) is 25.3 Å². The molecule has 0 aliphatic carbocycles. The maximum Gasteiger partial charge on any atom is 0.317 e. The van der Waals surface area contributed by atoms with Crippen LogP contribution < -0.4 is 0 Å². The molecule has 0 aliphatic heterocycles. The Hall–Kier alpha value is -2.16. The van der Waals surface area contributed by atoms with Crippen molar-refractivity contribution in [3.05, 3.63) is 0 Å². The molecule has 0 aromatic heterocycles. The van der Waals surface area contributed by atoms with Gasteiger partial charge in [-0.1, -0.05) is 0 Å². The molecule has 4 N–H and O–H groups in total. The van der Waals surface area contributed by atoms with E-state index in [-0.39, 0.29) is 12.8 Å². The Kier molecular flexibility index (Phi) is 7.12. The standard InChI is InChI=1S/C10H15NO8/c12-7(13)2-1-6(3-8(14)15)11(4-9(16)17)5-10(18)19/h6H,1-5H2,(H,12,13)(H,14,15)(H,16,17)(H,18,19). The molecule has 0 fully saturated rings. The fraction of sp³-hybridized carbons (Fsp3) is 0.600. The van der Waals surface area contributed by atoms with E-state index >= 15 is 0 Å². The van der Waals surface area contributed by atoms with Crippen LogP contribution in [0.25, 0.3) is 0 Å². The van der Waals surface area contributed by atoms with Gasteiger partial charge < -0.3 is 20.4 Å². The van der Waals surface area contributed by atoms with Crippen LogP contribution in [0.5, 0.6) is 0 Å². The second-order valence-electron chi connectivity index (χ2n) is 3.88. The van der Waals surface area contributed by atoms with Crippen LogP contribution in [-0.4, -0.2) is 68.3 Å². The summed E-state index contributed by atoms with van der Waals surface area (Å²) in [6, 6.07) is -0.958. The van der Waals surface area contributed by atoms with Crippen LogP contribution in [0.1, 0.15) is 19.3 Å². The van der Waals surface area contributed by atoms with Crippen LogP contribution in [0, 0.1) is 0 Å². The maximum absolute atomic E-state index is 10.7. The Morgan fingerprint density at radius 3 is 1.58 bits per heavy atom. The van der Waals surface area contributed by atoms with Crippen molar-refractivity contribution in [2.24, 2.45) is 0 Å². The van der Waals surface area contributed by atoms with E-state index in [2.05, 4.69) is 0 Å². The van der Waals surface area contributed by atoms with Gasteiger partial charge in [0.25, 0.3) is 0 Å². The summed E-state index contributed by atoms with van der Waals surface area (Å²) in [7, 11) is 0. The van der Waals surface area contributed by atoms with E-state index in [0.717, 1.165) is 4.90 Å². The van der Waals surface area contributed by atoms with E-state index in [1.165, 1.54) is 0 Å². The lowest BCUT2D eigenvalue weighted by Crippen LogP contribution is -2.43. The van der Waals surface area contributed by atoms with Gasteiger partial charge in [-0.05, 0) is 6.42 Å². The fourth-order valence-corrected chi connectivity index (χ4v) is 1.57. The summed E-state index contributed by atoms with van der Waals surface area (Å²) in [5, 5.41) is 34.6. The lowest BCUT2D eigenvalue weighted by molar-refractivity contribution is -0.146. The molecule has 0 amide bonds. The molecule has 0 rings (SSSR count). The van der Waals surface area contributed by atoms with Crippen LogP contribution in [0.4, 0.5) is 0 Å². The van der Waals surface area contributed by atoms with Crippen molar-refractivity contribution in [1.82, 2.24) is 4.90 Å². The van der Waals surface area contributed by atoms with Crippen molar-refractivity contribution in [2.75, 3.05) is 13.1 Å². The topological polar surface area (TPSA) is 152 Å². The number of carbonyl (C=O) groups is 4. The van der Waals surface area contributed by atoms with E-state index in [0.29, 0.717) is 0 Å². The Morgan fingerprint density at radius 1 is 0.789 bits per heavy atom. The first-order valence-corrected chi connectivity index (χ1v) is 5.33. The molecule has 9 heteroatoms. The summed E-state index contributed by atoms with van der Waals surface area (Å²) in [6.45, 7) is -1.33. The van der Waals surface area contributed by atoms with Gasteiger partial charge in [0.15, 0.2) is 0 Å². The van der Waals surface area contributed by atoms with Crippen LogP contribution >= 0.6 is 0 Å². The molecule has 9 nitrogen and oxygen atoms in total. The van der Waals surface area contributed by atoms with Crippen LogP contribution in [0.2, 0.25) is 0 Å². The van der Waals surface area contributed by atoms with Gasteiger partial charge in [-0.3, -0.25) is 24.1 Å². The second kappa shape index (κ2) is 8.03. The smallest absolute Gasteiger partial charge is 0.317 e. The number of hydrogen-bond acceptors (Lipinski definition) is 5. The third-order valence-electron chi connectivity index (χ3n) is 2.29. The molecule has 0 bridgehead atoms. The van der Waals surface area contributed by atoms with E-state index < -0.39 is 49.4 Å². The summed E-state index contributed by atoms with van der Waals surface area (Å²) in [5.74, 6) is -5.05. The highest BCUT2D eigenvalue weighted by Crippen LogP contribution is 2.11. The van der Waals surface area contributed by atoms with Gasteiger partial charge in [-0.2, -0.15) is 0 Å². The highest BCUT2D eigenvalue weighted by Gasteiger charge is 2.25. The van der Waals surface area contributed by atoms with Crippen molar-refractivity contribution in [1.29, 1.82) is 0 Å². The zero-order valence-corrected chi connectivity index (χ0v) is 9.98. The Bertz CT molecular complexity index is 351. The third kappa shape index (κ3) is 8.55. The predicted octanol–water partition coefficient (Wildman–Crippen LogP) is -0.834. The van der Waals surface area contributed by atoms with Crippen LogP contribution in [0.15, 0.2) is 0 Å². The minimum absolute atomic E-state index is 0.137. The molecule has 1 unspecified atom stereocenters.